The number of nitrogens with zero attached hydrogens (tertiary/aromatic N) is 2. The van der Waals surface area contributed by atoms with E-state index in [0.717, 1.165) is 50.0 Å². The van der Waals surface area contributed by atoms with Crippen LogP contribution in [-0.4, -0.2) is 47.8 Å². The molecule has 4 rings (SSSR count). The molecule has 1 aliphatic heterocycles. The quantitative estimate of drug-likeness (QED) is 0.420. The van der Waals surface area contributed by atoms with Gasteiger partial charge in [0.15, 0.2) is 0 Å². The van der Waals surface area contributed by atoms with Crippen molar-refractivity contribution >= 4 is 12.3 Å². The lowest BCUT2D eigenvalue weighted by atomic mass is 9.47. The van der Waals surface area contributed by atoms with E-state index in [-0.39, 0.29) is 10.8 Å². The summed E-state index contributed by atoms with van der Waals surface area (Å²) in [5, 5.41) is 0. The van der Waals surface area contributed by atoms with E-state index in [0.29, 0.717) is 18.0 Å². The lowest BCUT2D eigenvalue weighted by Gasteiger charge is -2.62. The summed E-state index contributed by atoms with van der Waals surface area (Å²) in [6.45, 7) is 8.20. The van der Waals surface area contributed by atoms with Gasteiger partial charge in [0.1, 0.15) is 0 Å². The molecule has 30 heavy (non-hydrogen) atoms. The number of carbonyl (C=O) groups excluding carboxylic acids is 2. The van der Waals surface area contributed by atoms with Crippen LogP contribution in [0.4, 0.5) is 0 Å². The van der Waals surface area contributed by atoms with E-state index < -0.39 is 0 Å². The summed E-state index contributed by atoms with van der Waals surface area (Å²) in [5.74, 6) is 2.63. The van der Waals surface area contributed by atoms with Gasteiger partial charge < -0.3 is 9.80 Å². The highest BCUT2D eigenvalue weighted by atomic mass is 16.2. The third kappa shape index (κ3) is 3.41. The smallest absolute Gasteiger partial charge is 0.222 e. The number of likely N-dealkylation sites (tertiary alicyclic amines) is 1. The zero-order valence-corrected chi connectivity index (χ0v) is 19.9. The molecule has 2 amide bonds. The van der Waals surface area contributed by atoms with Gasteiger partial charge in [-0.15, -0.1) is 0 Å². The summed E-state index contributed by atoms with van der Waals surface area (Å²) in [6.07, 6.45) is 15.3. The van der Waals surface area contributed by atoms with E-state index >= 15 is 0 Å². The first-order valence-electron chi connectivity index (χ1n) is 12.8. The summed E-state index contributed by atoms with van der Waals surface area (Å²) in [4.78, 5) is 28.7. The van der Waals surface area contributed by atoms with Gasteiger partial charge in [0, 0.05) is 32.1 Å². The number of unbranched alkanes of at least 4 members (excludes halogenated alkanes) is 3. The Morgan fingerprint density at radius 3 is 2.50 bits per heavy atom. The normalized spacial score (nSPS) is 43.0. The highest BCUT2D eigenvalue weighted by Crippen LogP contribution is 2.65. The van der Waals surface area contributed by atoms with Gasteiger partial charge >= 0.3 is 0 Å². The van der Waals surface area contributed by atoms with Gasteiger partial charge in [0.25, 0.3) is 0 Å². The molecule has 0 aromatic carbocycles. The molecule has 170 valence electrons. The fraction of sp³-hybridized carbons (Fsp3) is 0.923. The predicted molar refractivity (Wildman–Crippen MR) is 121 cm³/mol. The molecule has 0 N–H and O–H groups in total. The minimum absolute atomic E-state index is 0.284. The van der Waals surface area contributed by atoms with E-state index in [1.807, 2.05) is 7.05 Å². The fourth-order valence-electron chi connectivity index (χ4n) is 8.67. The zero-order valence-electron chi connectivity index (χ0n) is 19.9. The lowest BCUT2D eigenvalue weighted by Crippen LogP contribution is -2.62. The summed E-state index contributed by atoms with van der Waals surface area (Å²) in [6, 6.07) is 0.871. The Kier molecular flexibility index (Phi) is 6.25. The van der Waals surface area contributed by atoms with Crippen molar-refractivity contribution in [3.05, 3.63) is 0 Å². The molecule has 1 saturated heterocycles. The minimum atomic E-state index is 0.284. The number of hydrogen-bond acceptors (Lipinski definition) is 2. The monoisotopic (exact) mass is 416 g/mol. The summed E-state index contributed by atoms with van der Waals surface area (Å²) >= 11 is 0. The molecule has 2 unspecified atom stereocenters. The van der Waals surface area contributed by atoms with Crippen LogP contribution < -0.4 is 0 Å². The second-order valence-corrected chi connectivity index (χ2v) is 11.5. The van der Waals surface area contributed by atoms with Gasteiger partial charge in [-0.05, 0) is 80.0 Å². The molecule has 4 nitrogen and oxygen atoms in total. The molecule has 3 aliphatic carbocycles. The number of rotatable bonds is 7. The second-order valence-electron chi connectivity index (χ2n) is 11.5. The van der Waals surface area contributed by atoms with E-state index in [9.17, 15) is 9.59 Å². The van der Waals surface area contributed by atoms with Crippen LogP contribution in [0.25, 0.3) is 0 Å². The maximum absolute atomic E-state index is 12.4. The SMILES string of the molecule is CCCCCCN(C=O)C1CC[C@H]2[C@@H]3CCC4N(C)C(=O)CC[C@]4(C)[C@@H]3CC[C@]12C. The summed E-state index contributed by atoms with van der Waals surface area (Å²) < 4.78 is 0. The van der Waals surface area contributed by atoms with Crippen molar-refractivity contribution in [2.24, 2.45) is 28.6 Å². The molecule has 0 aromatic rings. The van der Waals surface area contributed by atoms with Crippen molar-refractivity contribution < 1.29 is 9.59 Å². The van der Waals surface area contributed by atoms with Crippen molar-refractivity contribution in [2.75, 3.05) is 13.6 Å². The number of fused-ring (bicyclic) bond motifs is 5. The molecular formula is C26H44N2O2. The number of carbonyl (C=O) groups is 2. The van der Waals surface area contributed by atoms with Gasteiger partial charge in [-0.25, -0.2) is 0 Å². The van der Waals surface area contributed by atoms with Crippen molar-refractivity contribution in [1.82, 2.24) is 9.80 Å². The van der Waals surface area contributed by atoms with E-state index in [2.05, 4.69) is 30.6 Å². The maximum atomic E-state index is 12.4. The summed E-state index contributed by atoms with van der Waals surface area (Å²) in [7, 11) is 2.05. The maximum Gasteiger partial charge on any atom is 0.222 e. The molecule has 0 spiro atoms. The predicted octanol–water partition coefficient (Wildman–Crippen LogP) is 5.26. The van der Waals surface area contributed by atoms with Crippen molar-refractivity contribution in [1.29, 1.82) is 0 Å². The van der Waals surface area contributed by atoms with E-state index in [1.165, 1.54) is 57.8 Å². The van der Waals surface area contributed by atoms with E-state index in [4.69, 9.17) is 0 Å². The van der Waals surface area contributed by atoms with Gasteiger partial charge in [-0.1, -0.05) is 40.0 Å². The molecule has 0 bridgehead atoms. The highest BCUT2D eigenvalue weighted by Gasteiger charge is 2.61. The standard InChI is InChI=1S/C26H44N2O2/c1-5-6-7-8-17-28(18-29)23-12-10-20-19-9-11-22-25(2,16-14-24(30)27(22)4)21(19)13-15-26(20,23)3/h18-23H,5-17H2,1-4H3/t19-,20-,21+,22?,23?,25+,26-/m0/s1. The molecule has 3 saturated carbocycles. The topological polar surface area (TPSA) is 40.6 Å². The van der Waals surface area contributed by atoms with Gasteiger partial charge in [-0.2, -0.15) is 0 Å². The molecule has 4 heteroatoms. The van der Waals surface area contributed by atoms with Crippen LogP contribution in [0.3, 0.4) is 0 Å². The Labute approximate surface area is 184 Å². The van der Waals surface area contributed by atoms with Crippen molar-refractivity contribution in [2.45, 2.75) is 110 Å². The van der Waals surface area contributed by atoms with Crippen LogP contribution >= 0.6 is 0 Å². The number of amides is 2. The lowest BCUT2D eigenvalue weighted by molar-refractivity contribution is -0.159. The van der Waals surface area contributed by atoms with Crippen LogP contribution in [0.5, 0.6) is 0 Å². The average molecular weight is 417 g/mol. The number of hydrogen-bond donors (Lipinski definition) is 0. The highest BCUT2D eigenvalue weighted by molar-refractivity contribution is 5.77. The van der Waals surface area contributed by atoms with E-state index in [1.54, 1.807) is 0 Å². The third-order valence-electron chi connectivity index (χ3n) is 10.3. The Hall–Kier alpha value is -1.06. The molecular weight excluding hydrogens is 372 g/mol. The molecule has 0 aromatic heterocycles. The van der Waals surface area contributed by atoms with Gasteiger partial charge in [0.2, 0.25) is 12.3 Å². The Balaban J connectivity index is 1.50. The van der Waals surface area contributed by atoms with Crippen molar-refractivity contribution in [3.8, 4) is 0 Å². The van der Waals surface area contributed by atoms with Gasteiger partial charge in [0.05, 0.1) is 0 Å². The zero-order chi connectivity index (χ0) is 21.5. The van der Waals surface area contributed by atoms with Crippen LogP contribution in [0.15, 0.2) is 0 Å². The number of piperidine rings is 1. The molecule has 7 atom stereocenters. The van der Waals surface area contributed by atoms with Crippen LogP contribution in [-0.2, 0) is 9.59 Å². The van der Waals surface area contributed by atoms with Crippen LogP contribution in [0.1, 0.15) is 97.8 Å². The van der Waals surface area contributed by atoms with Gasteiger partial charge in [-0.3, -0.25) is 9.59 Å². The molecule has 4 fully saturated rings. The van der Waals surface area contributed by atoms with Crippen LogP contribution in [0.2, 0.25) is 0 Å². The molecule has 0 radical (unpaired) electrons. The minimum Gasteiger partial charge on any atom is -0.342 e. The Morgan fingerprint density at radius 1 is 1.00 bits per heavy atom. The van der Waals surface area contributed by atoms with Crippen LogP contribution in [0, 0.1) is 28.6 Å². The van der Waals surface area contributed by atoms with Crippen molar-refractivity contribution in [3.63, 3.8) is 0 Å². The first kappa shape index (κ1) is 22.1. The Bertz CT molecular complexity index is 651. The average Bonchev–Trinajstić information content (AvgIpc) is 3.08. The first-order chi connectivity index (χ1) is 14.4. The Morgan fingerprint density at radius 2 is 1.77 bits per heavy atom. The third-order valence-corrected chi connectivity index (χ3v) is 10.3. The summed E-state index contributed by atoms with van der Waals surface area (Å²) in [5.41, 5.74) is 0.571. The fourth-order valence-corrected chi connectivity index (χ4v) is 8.67. The molecule has 4 aliphatic rings. The largest absolute Gasteiger partial charge is 0.342 e. The molecule has 1 heterocycles. The second kappa shape index (κ2) is 8.47. The first-order valence-corrected chi connectivity index (χ1v) is 12.8.